The van der Waals surface area contributed by atoms with Gasteiger partial charge >= 0.3 is 5.97 Å². The fourth-order valence-corrected chi connectivity index (χ4v) is 2.25. The number of nitrogen functional groups attached to an aromatic ring is 1. The van der Waals surface area contributed by atoms with E-state index in [0.29, 0.717) is 11.3 Å². The smallest absolute Gasteiger partial charge is 0.340 e. The van der Waals surface area contributed by atoms with E-state index in [1.807, 2.05) is 6.07 Å². The van der Waals surface area contributed by atoms with Gasteiger partial charge in [0.05, 0.1) is 12.7 Å². The Morgan fingerprint density at radius 3 is 2.32 bits per heavy atom. The maximum Gasteiger partial charge on any atom is 0.340 e. The van der Waals surface area contributed by atoms with Gasteiger partial charge in [0.15, 0.2) is 0 Å². The van der Waals surface area contributed by atoms with E-state index in [1.54, 1.807) is 12.1 Å². The van der Waals surface area contributed by atoms with Crippen LogP contribution in [0.15, 0.2) is 18.2 Å². The van der Waals surface area contributed by atoms with Crippen LogP contribution in [0.2, 0.25) is 0 Å². The van der Waals surface area contributed by atoms with Crippen LogP contribution in [0.1, 0.15) is 50.4 Å². The number of ether oxygens (including phenoxy) is 1. The summed E-state index contributed by atoms with van der Waals surface area (Å²) in [4.78, 5) is 11.8. The number of carbonyl (C=O) groups is 1. The number of nitrogens with two attached hydrogens (primary N) is 1. The Kier molecular flexibility index (Phi) is 5.21. The molecular formula is C15H24N2O2. The van der Waals surface area contributed by atoms with Gasteiger partial charge in [0, 0.05) is 16.9 Å². The molecule has 106 valence electrons. The van der Waals surface area contributed by atoms with Gasteiger partial charge in [-0.1, -0.05) is 20.8 Å². The van der Waals surface area contributed by atoms with Crippen molar-refractivity contribution in [1.82, 2.24) is 0 Å². The molecule has 0 aliphatic carbocycles. The second kappa shape index (κ2) is 6.45. The molecule has 1 aromatic carbocycles. The molecule has 0 atom stereocenters. The lowest BCUT2D eigenvalue weighted by Crippen LogP contribution is -2.36. The number of hydrogen-bond donors (Lipinski definition) is 2. The molecule has 0 heterocycles. The average molecular weight is 264 g/mol. The number of hydrogen-bond acceptors (Lipinski definition) is 4. The summed E-state index contributed by atoms with van der Waals surface area (Å²) in [6.45, 7) is 6.44. The molecule has 0 radical (unpaired) electrons. The molecular weight excluding hydrogens is 240 g/mol. The summed E-state index contributed by atoms with van der Waals surface area (Å²) in [5.41, 5.74) is 7.57. The molecule has 4 heteroatoms. The molecule has 0 saturated heterocycles. The van der Waals surface area contributed by atoms with Crippen LogP contribution in [-0.2, 0) is 4.74 Å². The van der Waals surface area contributed by atoms with Crippen LogP contribution in [0.3, 0.4) is 0 Å². The van der Waals surface area contributed by atoms with Crippen molar-refractivity contribution < 1.29 is 9.53 Å². The van der Waals surface area contributed by atoms with Gasteiger partial charge in [-0.2, -0.15) is 0 Å². The molecule has 4 nitrogen and oxygen atoms in total. The summed E-state index contributed by atoms with van der Waals surface area (Å²) in [6, 6.07) is 5.29. The van der Waals surface area contributed by atoms with Crippen molar-refractivity contribution in [3.05, 3.63) is 23.8 Å². The highest BCUT2D eigenvalue weighted by Crippen LogP contribution is 2.29. The monoisotopic (exact) mass is 264 g/mol. The molecule has 0 aromatic heterocycles. The van der Waals surface area contributed by atoms with Crippen molar-refractivity contribution in [1.29, 1.82) is 0 Å². The number of methoxy groups -OCH3 is 1. The molecule has 1 aromatic rings. The van der Waals surface area contributed by atoms with Gasteiger partial charge < -0.3 is 15.8 Å². The number of benzene rings is 1. The van der Waals surface area contributed by atoms with Crippen molar-refractivity contribution in [2.45, 2.75) is 45.6 Å². The lowest BCUT2D eigenvalue weighted by molar-refractivity contribution is 0.0601. The molecule has 0 aliphatic rings. The van der Waals surface area contributed by atoms with E-state index in [1.165, 1.54) is 7.11 Å². The van der Waals surface area contributed by atoms with Crippen LogP contribution in [0.5, 0.6) is 0 Å². The molecule has 0 unspecified atom stereocenters. The van der Waals surface area contributed by atoms with Crippen molar-refractivity contribution >= 4 is 17.3 Å². The maximum atomic E-state index is 11.8. The molecule has 0 amide bonds. The topological polar surface area (TPSA) is 64.3 Å². The third-order valence-corrected chi connectivity index (χ3v) is 3.88. The Morgan fingerprint density at radius 1 is 1.26 bits per heavy atom. The lowest BCUT2D eigenvalue weighted by Gasteiger charge is -2.33. The molecule has 0 aliphatic heterocycles. The summed E-state index contributed by atoms with van der Waals surface area (Å²) in [7, 11) is 1.38. The van der Waals surface area contributed by atoms with Gasteiger partial charge in [-0.15, -0.1) is 0 Å². The largest absolute Gasteiger partial charge is 0.465 e. The van der Waals surface area contributed by atoms with Crippen LogP contribution in [0.4, 0.5) is 11.4 Å². The highest BCUT2D eigenvalue weighted by atomic mass is 16.5. The predicted octanol–water partition coefficient (Wildman–Crippen LogP) is 3.44. The third kappa shape index (κ3) is 3.40. The van der Waals surface area contributed by atoms with Gasteiger partial charge in [-0.05, 0) is 37.5 Å². The summed E-state index contributed by atoms with van der Waals surface area (Å²) >= 11 is 0. The minimum Gasteiger partial charge on any atom is -0.465 e. The van der Waals surface area contributed by atoms with E-state index >= 15 is 0 Å². The van der Waals surface area contributed by atoms with Crippen molar-refractivity contribution in [3.63, 3.8) is 0 Å². The molecule has 0 bridgehead atoms. The number of carbonyl (C=O) groups excluding carboxylic acids is 1. The minimum atomic E-state index is -0.369. The first-order valence-electron chi connectivity index (χ1n) is 6.78. The Labute approximate surface area is 115 Å². The Balaban J connectivity index is 3.16. The maximum absolute atomic E-state index is 11.8. The fraction of sp³-hybridized carbons (Fsp3) is 0.533. The number of rotatable bonds is 6. The van der Waals surface area contributed by atoms with E-state index in [0.717, 1.165) is 24.9 Å². The summed E-state index contributed by atoms with van der Waals surface area (Å²) < 4.78 is 4.81. The lowest BCUT2D eigenvalue weighted by atomic mass is 9.89. The minimum absolute atomic E-state index is 0.00110. The summed E-state index contributed by atoms with van der Waals surface area (Å²) in [5, 5.41) is 3.50. The Morgan fingerprint density at radius 2 is 1.84 bits per heavy atom. The highest BCUT2D eigenvalue weighted by molar-refractivity contribution is 5.96. The van der Waals surface area contributed by atoms with Gasteiger partial charge in [0.25, 0.3) is 0 Å². The van der Waals surface area contributed by atoms with Crippen LogP contribution in [-0.4, -0.2) is 18.6 Å². The van der Waals surface area contributed by atoms with Gasteiger partial charge in [-0.25, -0.2) is 4.79 Å². The molecule has 0 saturated carbocycles. The molecule has 3 N–H and O–H groups in total. The van der Waals surface area contributed by atoms with E-state index < -0.39 is 0 Å². The molecule has 0 fully saturated rings. The first kappa shape index (κ1) is 15.3. The van der Waals surface area contributed by atoms with E-state index in [9.17, 15) is 4.79 Å². The second-order valence-electron chi connectivity index (χ2n) is 4.76. The molecule has 19 heavy (non-hydrogen) atoms. The normalized spacial score (nSPS) is 11.2. The van der Waals surface area contributed by atoms with Crippen molar-refractivity contribution in [3.8, 4) is 0 Å². The van der Waals surface area contributed by atoms with E-state index in [4.69, 9.17) is 10.5 Å². The van der Waals surface area contributed by atoms with E-state index in [2.05, 4.69) is 26.1 Å². The average Bonchev–Trinajstić information content (AvgIpc) is 2.45. The van der Waals surface area contributed by atoms with Gasteiger partial charge in [0.1, 0.15) is 0 Å². The van der Waals surface area contributed by atoms with Crippen molar-refractivity contribution in [2.75, 3.05) is 18.2 Å². The zero-order chi connectivity index (χ0) is 14.5. The number of esters is 1. The molecule has 1 rings (SSSR count). The first-order chi connectivity index (χ1) is 9.01. The standard InChI is InChI=1S/C15H24N2O2/c1-5-15(6-2,7-3)17-13-9-8-11(16)10-12(13)14(18)19-4/h8-10,17H,5-7,16H2,1-4H3. The van der Waals surface area contributed by atoms with E-state index in [-0.39, 0.29) is 11.5 Å². The van der Waals surface area contributed by atoms with Crippen molar-refractivity contribution in [2.24, 2.45) is 0 Å². The highest BCUT2D eigenvalue weighted by Gasteiger charge is 2.25. The second-order valence-corrected chi connectivity index (χ2v) is 4.76. The summed E-state index contributed by atoms with van der Waals surface area (Å²) in [5.74, 6) is -0.369. The SMILES string of the molecule is CCC(CC)(CC)Nc1ccc(N)cc1C(=O)OC. The predicted molar refractivity (Wildman–Crippen MR) is 79.4 cm³/mol. The fourth-order valence-electron chi connectivity index (χ4n) is 2.25. The first-order valence-corrected chi connectivity index (χ1v) is 6.78. The van der Waals surface area contributed by atoms with Gasteiger partial charge in [-0.3, -0.25) is 0 Å². The Hall–Kier alpha value is -1.71. The van der Waals surface area contributed by atoms with Gasteiger partial charge in [0.2, 0.25) is 0 Å². The quantitative estimate of drug-likeness (QED) is 0.610. The Bertz CT molecular complexity index is 432. The zero-order valence-corrected chi connectivity index (χ0v) is 12.2. The zero-order valence-electron chi connectivity index (χ0n) is 12.2. The van der Waals surface area contributed by atoms with Crippen LogP contribution >= 0.6 is 0 Å². The van der Waals surface area contributed by atoms with Crippen LogP contribution in [0, 0.1) is 0 Å². The van der Waals surface area contributed by atoms with Crippen LogP contribution < -0.4 is 11.1 Å². The third-order valence-electron chi connectivity index (χ3n) is 3.88. The number of nitrogens with one attached hydrogen (secondary N) is 1. The number of anilines is 2. The van der Waals surface area contributed by atoms with Crippen LogP contribution in [0.25, 0.3) is 0 Å². The molecule has 0 spiro atoms. The summed E-state index contributed by atoms with van der Waals surface area (Å²) in [6.07, 6.45) is 2.97.